The van der Waals surface area contributed by atoms with Crippen molar-refractivity contribution >= 4 is 27.6 Å². The minimum Gasteiger partial charge on any atom is -0.477 e. The third kappa shape index (κ3) is 3.76. The van der Waals surface area contributed by atoms with Crippen molar-refractivity contribution in [2.75, 3.05) is 5.32 Å². The van der Waals surface area contributed by atoms with Gasteiger partial charge in [0.1, 0.15) is 5.69 Å². The van der Waals surface area contributed by atoms with E-state index in [0.29, 0.717) is 16.8 Å². The molecular formula is C15H15N3O5S. The van der Waals surface area contributed by atoms with Crippen molar-refractivity contribution in [3.05, 3.63) is 52.8 Å². The number of rotatable bonds is 4. The van der Waals surface area contributed by atoms with Crippen LogP contribution in [0, 0.1) is 13.8 Å². The number of primary sulfonamides is 1. The highest BCUT2D eigenvalue weighted by atomic mass is 32.2. The monoisotopic (exact) mass is 349 g/mol. The van der Waals surface area contributed by atoms with Crippen LogP contribution in [0.15, 0.2) is 35.4 Å². The molecule has 1 aromatic carbocycles. The molecule has 0 spiro atoms. The molecule has 9 heteroatoms. The Bertz CT molecular complexity index is 921. The number of nitrogens with one attached hydrogen (secondary N) is 1. The average Bonchev–Trinajstić information content (AvgIpc) is 2.50. The number of hydrogen-bond donors (Lipinski definition) is 3. The second-order valence-corrected chi connectivity index (χ2v) is 6.71. The molecule has 0 saturated carbocycles. The van der Waals surface area contributed by atoms with E-state index < -0.39 is 21.9 Å². The third-order valence-corrected chi connectivity index (χ3v) is 4.36. The van der Waals surface area contributed by atoms with Gasteiger partial charge in [0.2, 0.25) is 10.0 Å². The molecule has 2 aromatic rings. The van der Waals surface area contributed by atoms with E-state index >= 15 is 0 Å². The largest absolute Gasteiger partial charge is 0.477 e. The molecule has 1 amide bonds. The Morgan fingerprint density at radius 3 is 2.38 bits per heavy atom. The predicted octanol–water partition coefficient (Wildman–Crippen LogP) is 1.30. The van der Waals surface area contributed by atoms with Crippen molar-refractivity contribution in [1.29, 1.82) is 0 Å². The van der Waals surface area contributed by atoms with Gasteiger partial charge in [-0.05, 0) is 49.2 Å². The van der Waals surface area contributed by atoms with E-state index in [4.69, 9.17) is 10.2 Å². The number of aryl methyl sites for hydroxylation is 1. The number of sulfonamides is 1. The van der Waals surface area contributed by atoms with E-state index in [9.17, 15) is 18.0 Å². The van der Waals surface area contributed by atoms with E-state index in [1.165, 1.54) is 24.3 Å². The number of aromatic nitrogens is 1. The molecule has 4 N–H and O–H groups in total. The molecule has 1 heterocycles. The maximum Gasteiger partial charge on any atom is 0.354 e. The Balaban J connectivity index is 2.35. The molecule has 1 aromatic heterocycles. The molecule has 0 saturated heterocycles. The van der Waals surface area contributed by atoms with Crippen LogP contribution in [0.2, 0.25) is 0 Å². The highest BCUT2D eigenvalue weighted by Crippen LogP contribution is 2.24. The van der Waals surface area contributed by atoms with Crippen LogP contribution in [-0.4, -0.2) is 30.4 Å². The van der Waals surface area contributed by atoms with Crippen LogP contribution in [0.3, 0.4) is 0 Å². The van der Waals surface area contributed by atoms with Crippen molar-refractivity contribution in [2.45, 2.75) is 18.7 Å². The van der Waals surface area contributed by atoms with Gasteiger partial charge in [0, 0.05) is 11.9 Å². The van der Waals surface area contributed by atoms with Gasteiger partial charge in [-0.25, -0.2) is 23.3 Å². The summed E-state index contributed by atoms with van der Waals surface area (Å²) in [7, 11) is -3.91. The number of nitrogens with zero attached hydrogens (tertiary/aromatic N) is 1. The first-order chi connectivity index (χ1) is 11.1. The minimum atomic E-state index is -3.91. The number of amides is 1. The summed E-state index contributed by atoms with van der Waals surface area (Å²) < 4.78 is 23.0. The van der Waals surface area contributed by atoms with Gasteiger partial charge < -0.3 is 10.4 Å². The summed E-state index contributed by atoms with van der Waals surface area (Å²) in [4.78, 5) is 26.5. The standard InChI is InChI=1S/C15H15N3O5S/c1-8-5-11(24(16,22)23)6-13(9(8)2)18-14(19)10-3-4-12(15(20)21)17-7-10/h3-7H,1-2H3,(H,18,19)(H,20,21)(H2,16,22,23). The van der Waals surface area contributed by atoms with Gasteiger partial charge in [-0.15, -0.1) is 0 Å². The lowest BCUT2D eigenvalue weighted by Crippen LogP contribution is -2.17. The van der Waals surface area contributed by atoms with Crippen molar-refractivity contribution in [3.8, 4) is 0 Å². The second-order valence-electron chi connectivity index (χ2n) is 5.15. The lowest BCUT2D eigenvalue weighted by Gasteiger charge is -2.12. The summed E-state index contributed by atoms with van der Waals surface area (Å²) >= 11 is 0. The predicted molar refractivity (Wildman–Crippen MR) is 86.4 cm³/mol. The summed E-state index contributed by atoms with van der Waals surface area (Å²) in [5.74, 6) is -1.75. The van der Waals surface area contributed by atoms with Crippen LogP contribution in [-0.2, 0) is 10.0 Å². The first-order valence-electron chi connectivity index (χ1n) is 6.74. The maximum atomic E-state index is 12.2. The number of anilines is 1. The van der Waals surface area contributed by atoms with E-state index in [1.807, 2.05) is 0 Å². The first-order valence-corrected chi connectivity index (χ1v) is 8.29. The Labute approximate surface area is 138 Å². The topological polar surface area (TPSA) is 139 Å². The summed E-state index contributed by atoms with van der Waals surface area (Å²) in [6, 6.07) is 5.21. The fraction of sp³-hybridized carbons (Fsp3) is 0.133. The quantitative estimate of drug-likeness (QED) is 0.760. The molecule has 24 heavy (non-hydrogen) atoms. The van der Waals surface area contributed by atoms with Crippen molar-refractivity contribution in [1.82, 2.24) is 4.98 Å². The zero-order valence-electron chi connectivity index (χ0n) is 12.9. The van der Waals surface area contributed by atoms with Crippen LogP contribution in [0.25, 0.3) is 0 Å². The number of carboxylic acid groups (broad SMARTS) is 1. The molecule has 2 rings (SSSR count). The van der Waals surface area contributed by atoms with Crippen LogP contribution in [0.1, 0.15) is 32.0 Å². The number of carbonyl (C=O) groups is 2. The molecule has 0 unspecified atom stereocenters. The molecule has 126 valence electrons. The van der Waals surface area contributed by atoms with Crippen molar-refractivity contribution in [3.63, 3.8) is 0 Å². The first kappa shape index (κ1) is 17.6. The van der Waals surface area contributed by atoms with Crippen LogP contribution in [0.5, 0.6) is 0 Å². The Morgan fingerprint density at radius 2 is 1.88 bits per heavy atom. The molecule has 8 nitrogen and oxygen atoms in total. The van der Waals surface area contributed by atoms with Gasteiger partial charge in [0.15, 0.2) is 0 Å². The number of pyridine rings is 1. The molecule has 0 aliphatic carbocycles. The molecule has 0 aliphatic rings. The number of aromatic carboxylic acids is 1. The fourth-order valence-corrected chi connectivity index (χ4v) is 2.59. The molecular weight excluding hydrogens is 334 g/mol. The number of carboxylic acids is 1. The lowest BCUT2D eigenvalue weighted by atomic mass is 10.1. The van der Waals surface area contributed by atoms with Crippen LogP contribution < -0.4 is 10.5 Å². The van der Waals surface area contributed by atoms with Gasteiger partial charge in [0.05, 0.1) is 10.5 Å². The molecule has 0 fully saturated rings. The highest BCUT2D eigenvalue weighted by molar-refractivity contribution is 7.89. The van der Waals surface area contributed by atoms with Gasteiger partial charge >= 0.3 is 5.97 Å². The number of benzene rings is 1. The summed E-state index contributed by atoms with van der Waals surface area (Å²) in [6.45, 7) is 3.42. The number of nitrogens with two attached hydrogens (primary N) is 1. The van der Waals surface area contributed by atoms with E-state index in [2.05, 4.69) is 10.3 Å². The minimum absolute atomic E-state index is 0.111. The fourth-order valence-electron chi connectivity index (χ4n) is 1.97. The van der Waals surface area contributed by atoms with Crippen molar-refractivity contribution < 1.29 is 23.1 Å². The van der Waals surface area contributed by atoms with E-state index in [1.54, 1.807) is 13.8 Å². The number of carbonyl (C=O) groups excluding carboxylic acids is 1. The van der Waals surface area contributed by atoms with E-state index in [0.717, 1.165) is 6.20 Å². The zero-order valence-corrected chi connectivity index (χ0v) is 13.7. The molecule has 0 radical (unpaired) electrons. The Kier molecular flexibility index (Phi) is 4.67. The van der Waals surface area contributed by atoms with Crippen LogP contribution in [0.4, 0.5) is 5.69 Å². The third-order valence-electron chi connectivity index (χ3n) is 3.46. The molecule has 0 bridgehead atoms. The SMILES string of the molecule is Cc1cc(S(N)(=O)=O)cc(NC(=O)c2ccc(C(=O)O)nc2)c1C. The average molecular weight is 349 g/mol. The maximum absolute atomic E-state index is 12.2. The normalized spacial score (nSPS) is 11.1. The van der Waals surface area contributed by atoms with Crippen LogP contribution >= 0.6 is 0 Å². The van der Waals surface area contributed by atoms with Crippen molar-refractivity contribution in [2.24, 2.45) is 5.14 Å². The molecule has 0 aliphatic heterocycles. The van der Waals surface area contributed by atoms with E-state index in [-0.39, 0.29) is 16.2 Å². The summed E-state index contributed by atoms with van der Waals surface area (Å²) in [5, 5.41) is 16.5. The highest BCUT2D eigenvalue weighted by Gasteiger charge is 2.15. The second kappa shape index (κ2) is 6.38. The van der Waals surface area contributed by atoms with Gasteiger partial charge in [0.25, 0.3) is 5.91 Å². The smallest absolute Gasteiger partial charge is 0.354 e. The lowest BCUT2D eigenvalue weighted by molar-refractivity contribution is 0.0690. The van der Waals surface area contributed by atoms with Gasteiger partial charge in [-0.2, -0.15) is 0 Å². The summed E-state index contributed by atoms with van der Waals surface area (Å²) in [6.07, 6.45) is 1.13. The zero-order chi connectivity index (χ0) is 18.1. The number of hydrogen-bond acceptors (Lipinski definition) is 5. The molecule has 0 atom stereocenters. The van der Waals surface area contributed by atoms with Gasteiger partial charge in [-0.1, -0.05) is 0 Å². The Morgan fingerprint density at radius 1 is 1.21 bits per heavy atom. The van der Waals surface area contributed by atoms with Gasteiger partial charge in [-0.3, -0.25) is 4.79 Å². The summed E-state index contributed by atoms with van der Waals surface area (Å²) in [5.41, 5.74) is 1.58. The Hall–Kier alpha value is -2.78.